The first-order valence-corrected chi connectivity index (χ1v) is 13.1. The Kier molecular flexibility index (Phi) is 14.4. The maximum absolute atomic E-state index is 11.5. The standard InChI is InChI=1S/C27H50O4/c1-5-8-14-22(4)27(30,20-9-6-2)21-19-23-17-18-25(28)24(23)15-12-10-11-13-16-26(29)31-7-3/h19,22,24-25,28,30H,5-18,20-21H2,1-4H3/t22?,24-,25+,27?/m1/s1. The highest BCUT2D eigenvalue weighted by Gasteiger charge is 2.34. The van der Waals surface area contributed by atoms with Gasteiger partial charge >= 0.3 is 5.97 Å². The molecule has 4 nitrogen and oxygen atoms in total. The monoisotopic (exact) mass is 438 g/mol. The van der Waals surface area contributed by atoms with Crippen molar-refractivity contribution in [3.05, 3.63) is 11.6 Å². The maximum Gasteiger partial charge on any atom is 0.305 e. The third-order valence-corrected chi connectivity index (χ3v) is 7.21. The Morgan fingerprint density at radius 1 is 1.13 bits per heavy atom. The number of carbonyl (C=O) groups is 1. The summed E-state index contributed by atoms with van der Waals surface area (Å²) >= 11 is 0. The molecular weight excluding hydrogens is 388 g/mol. The molecule has 31 heavy (non-hydrogen) atoms. The van der Waals surface area contributed by atoms with E-state index >= 15 is 0 Å². The predicted molar refractivity (Wildman–Crippen MR) is 129 cm³/mol. The average Bonchev–Trinajstić information content (AvgIpc) is 3.11. The summed E-state index contributed by atoms with van der Waals surface area (Å²) in [5.41, 5.74) is 0.736. The van der Waals surface area contributed by atoms with E-state index in [9.17, 15) is 15.0 Å². The molecule has 1 rings (SSSR count). The van der Waals surface area contributed by atoms with Gasteiger partial charge in [-0.25, -0.2) is 0 Å². The number of aliphatic hydroxyl groups excluding tert-OH is 1. The van der Waals surface area contributed by atoms with E-state index in [2.05, 4.69) is 26.8 Å². The lowest BCUT2D eigenvalue weighted by Crippen LogP contribution is -2.36. The van der Waals surface area contributed by atoms with Crippen LogP contribution in [0, 0.1) is 11.8 Å². The van der Waals surface area contributed by atoms with Gasteiger partial charge in [-0.2, -0.15) is 0 Å². The minimum absolute atomic E-state index is 0.0948. The van der Waals surface area contributed by atoms with Crippen LogP contribution < -0.4 is 0 Å². The molecule has 0 aliphatic heterocycles. The lowest BCUT2D eigenvalue weighted by atomic mass is 9.78. The summed E-state index contributed by atoms with van der Waals surface area (Å²) in [7, 11) is 0. The largest absolute Gasteiger partial charge is 0.466 e. The number of hydrogen-bond acceptors (Lipinski definition) is 4. The highest BCUT2D eigenvalue weighted by molar-refractivity contribution is 5.69. The van der Waals surface area contributed by atoms with Gasteiger partial charge in [0.15, 0.2) is 0 Å². The van der Waals surface area contributed by atoms with E-state index in [-0.39, 0.29) is 18.0 Å². The highest BCUT2D eigenvalue weighted by atomic mass is 16.5. The van der Waals surface area contributed by atoms with Gasteiger partial charge in [0.2, 0.25) is 0 Å². The Morgan fingerprint density at radius 2 is 1.84 bits per heavy atom. The molecule has 2 N–H and O–H groups in total. The Balaban J connectivity index is 2.56. The van der Waals surface area contributed by atoms with Gasteiger partial charge in [0, 0.05) is 12.3 Å². The van der Waals surface area contributed by atoms with Crippen LogP contribution in [0.1, 0.15) is 124 Å². The van der Waals surface area contributed by atoms with Crippen molar-refractivity contribution in [3.63, 3.8) is 0 Å². The fourth-order valence-corrected chi connectivity index (χ4v) is 4.92. The Morgan fingerprint density at radius 3 is 2.52 bits per heavy atom. The summed E-state index contributed by atoms with van der Waals surface area (Å²) in [6.45, 7) is 8.90. The number of hydrogen-bond donors (Lipinski definition) is 2. The van der Waals surface area contributed by atoms with E-state index in [1.165, 1.54) is 18.4 Å². The van der Waals surface area contributed by atoms with Gasteiger partial charge in [0.05, 0.1) is 18.3 Å². The molecule has 1 aliphatic rings. The van der Waals surface area contributed by atoms with Crippen LogP contribution in [0.4, 0.5) is 0 Å². The summed E-state index contributed by atoms with van der Waals surface area (Å²) in [6, 6.07) is 0. The smallest absolute Gasteiger partial charge is 0.305 e. The molecule has 4 atom stereocenters. The number of ether oxygens (including phenoxy) is 1. The topological polar surface area (TPSA) is 66.8 Å². The fourth-order valence-electron chi connectivity index (χ4n) is 4.92. The van der Waals surface area contributed by atoms with E-state index in [1.807, 2.05) is 6.92 Å². The molecule has 2 unspecified atom stereocenters. The predicted octanol–water partition coefficient (Wildman–Crippen LogP) is 6.73. The second-order valence-corrected chi connectivity index (χ2v) is 9.70. The molecule has 0 aromatic carbocycles. The first-order valence-electron chi connectivity index (χ1n) is 13.1. The lowest BCUT2D eigenvalue weighted by Gasteiger charge is -2.34. The van der Waals surface area contributed by atoms with Gasteiger partial charge in [-0.3, -0.25) is 4.79 Å². The summed E-state index contributed by atoms with van der Waals surface area (Å²) < 4.78 is 4.98. The van der Waals surface area contributed by atoms with Gasteiger partial charge < -0.3 is 14.9 Å². The number of unbranched alkanes of at least 4 members (excludes halogenated alkanes) is 5. The summed E-state index contributed by atoms with van der Waals surface area (Å²) in [6.07, 6.45) is 16.6. The molecule has 0 heterocycles. The average molecular weight is 439 g/mol. The van der Waals surface area contributed by atoms with Gasteiger partial charge in [0.25, 0.3) is 0 Å². The molecule has 1 aliphatic carbocycles. The number of rotatable bonds is 17. The fraction of sp³-hybridized carbons (Fsp3) is 0.889. The van der Waals surface area contributed by atoms with Crippen LogP contribution in [0.2, 0.25) is 0 Å². The maximum atomic E-state index is 11.5. The zero-order valence-electron chi connectivity index (χ0n) is 20.8. The molecule has 0 amide bonds. The first kappa shape index (κ1) is 28.2. The third kappa shape index (κ3) is 10.5. The Hall–Kier alpha value is -0.870. The molecule has 0 saturated heterocycles. The summed E-state index contributed by atoms with van der Waals surface area (Å²) in [5.74, 6) is 0.453. The van der Waals surface area contributed by atoms with Crippen LogP contribution in [0.15, 0.2) is 11.6 Å². The summed E-state index contributed by atoms with van der Waals surface area (Å²) in [5, 5.41) is 22.0. The Labute approximate surface area is 191 Å². The van der Waals surface area contributed by atoms with Crippen LogP contribution in [-0.4, -0.2) is 34.5 Å². The van der Waals surface area contributed by atoms with E-state index in [4.69, 9.17) is 4.74 Å². The number of esters is 1. The van der Waals surface area contributed by atoms with Crippen molar-refractivity contribution in [3.8, 4) is 0 Å². The normalized spacial score (nSPS) is 23.1. The first-order chi connectivity index (χ1) is 14.9. The van der Waals surface area contributed by atoms with E-state index in [0.717, 1.165) is 77.0 Å². The van der Waals surface area contributed by atoms with Crippen molar-refractivity contribution >= 4 is 5.97 Å². The highest BCUT2D eigenvalue weighted by Crippen LogP contribution is 2.38. The van der Waals surface area contributed by atoms with Gasteiger partial charge in [-0.1, -0.05) is 77.4 Å². The quantitative estimate of drug-likeness (QED) is 0.150. The van der Waals surface area contributed by atoms with Crippen molar-refractivity contribution in [2.24, 2.45) is 11.8 Å². The molecule has 182 valence electrons. The van der Waals surface area contributed by atoms with Crippen LogP contribution in [0.3, 0.4) is 0 Å². The molecule has 0 spiro atoms. The van der Waals surface area contributed by atoms with Crippen LogP contribution in [-0.2, 0) is 9.53 Å². The molecule has 1 fully saturated rings. The van der Waals surface area contributed by atoms with Gasteiger partial charge in [-0.05, 0) is 57.8 Å². The molecule has 0 radical (unpaired) electrons. The third-order valence-electron chi connectivity index (χ3n) is 7.21. The van der Waals surface area contributed by atoms with Crippen molar-refractivity contribution in [2.45, 2.75) is 136 Å². The summed E-state index contributed by atoms with van der Waals surface area (Å²) in [4.78, 5) is 11.4. The van der Waals surface area contributed by atoms with E-state index in [1.54, 1.807) is 0 Å². The number of aliphatic hydroxyl groups is 2. The SMILES string of the molecule is CCCCC(C)C(O)(CC=C1CC[C@H](O)[C@@H]1CCCCCCC(=O)OCC)CCCC. The second-order valence-electron chi connectivity index (χ2n) is 9.70. The molecule has 0 aromatic heterocycles. The Bertz CT molecular complexity index is 515. The number of carbonyl (C=O) groups excluding carboxylic acids is 1. The van der Waals surface area contributed by atoms with Crippen molar-refractivity contribution in [2.75, 3.05) is 6.61 Å². The van der Waals surface area contributed by atoms with E-state index in [0.29, 0.717) is 18.9 Å². The van der Waals surface area contributed by atoms with Crippen molar-refractivity contribution < 1.29 is 19.7 Å². The van der Waals surface area contributed by atoms with Crippen molar-refractivity contribution in [1.82, 2.24) is 0 Å². The molecule has 4 heteroatoms. The van der Waals surface area contributed by atoms with Crippen LogP contribution in [0.5, 0.6) is 0 Å². The van der Waals surface area contributed by atoms with E-state index < -0.39 is 5.60 Å². The molecule has 0 aromatic rings. The molecule has 1 saturated carbocycles. The second kappa shape index (κ2) is 15.9. The van der Waals surface area contributed by atoms with Crippen molar-refractivity contribution in [1.29, 1.82) is 0 Å². The minimum atomic E-state index is -0.622. The zero-order valence-corrected chi connectivity index (χ0v) is 20.8. The van der Waals surface area contributed by atoms with Gasteiger partial charge in [-0.15, -0.1) is 0 Å². The van der Waals surface area contributed by atoms with Crippen LogP contribution >= 0.6 is 0 Å². The zero-order chi connectivity index (χ0) is 23.1. The minimum Gasteiger partial charge on any atom is -0.466 e. The molecular formula is C27H50O4. The molecule has 0 bridgehead atoms. The van der Waals surface area contributed by atoms with Crippen LogP contribution in [0.25, 0.3) is 0 Å². The van der Waals surface area contributed by atoms with Gasteiger partial charge in [0.1, 0.15) is 0 Å². The lowest BCUT2D eigenvalue weighted by molar-refractivity contribution is -0.143.